The highest BCUT2D eigenvalue weighted by Crippen LogP contribution is 2.34. The lowest BCUT2D eigenvalue weighted by Gasteiger charge is -2.12. The summed E-state index contributed by atoms with van der Waals surface area (Å²) in [5, 5.41) is 9.73. The van der Waals surface area contributed by atoms with E-state index in [1.54, 1.807) is 24.5 Å². The molecule has 0 spiro atoms. The van der Waals surface area contributed by atoms with Gasteiger partial charge in [-0.3, -0.25) is 9.78 Å². The van der Waals surface area contributed by atoms with Crippen LogP contribution in [-0.4, -0.2) is 22.7 Å². The first-order valence-corrected chi connectivity index (χ1v) is 9.14. The van der Waals surface area contributed by atoms with E-state index in [1.165, 1.54) is 0 Å². The standard InChI is InChI=1S/C21H17Cl2NO3/c22-19-6-5-14(12-20(19)23)16-9-17(15-3-1-7-24-13-15)11-18(10-16)27-8-2-4-21(25)26/h1,3,5-7,9-13H,2,4,8H2,(H,25,26). The van der Waals surface area contributed by atoms with Gasteiger partial charge in [0.15, 0.2) is 0 Å². The highest BCUT2D eigenvalue weighted by molar-refractivity contribution is 6.42. The highest BCUT2D eigenvalue weighted by Gasteiger charge is 2.09. The number of rotatable bonds is 7. The minimum atomic E-state index is -0.834. The maximum absolute atomic E-state index is 10.7. The third-order valence-corrected chi connectivity index (χ3v) is 4.70. The molecule has 1 N–H and O–H groups in total. The van der Waals surface area contributed by atoms with E-state index in [0.29, 0.717) is 28.8 Å². The summed E-state index contributed by atoms with van der Waals surface area (Å²) in [4.78, 5) is 14.8. The molecule has 138 valence electrons. The number of carboxylic acid groups (broad SMARTS) is 1. The molecule has 2 aromatic carbocycles. The number of nitrogens with zero attached hydrogens (tertiary/aromatic N) is 1. The van der Waals surface area contributed by atoms with Crippen molar-refractivity contribution in [2.45, 2.75) is 12.8 Å². The molecule has 4 nitrogen and oxygen atoms in total. The second-order valence-electron chi connectivity index (χ2n) is 5.96. The number of carbonyl (C=O) groups is 1. The van der Waals surface area contributed by atoms with Crippen molar-refractivity contribution in [2.75, 3.05) is 6.61 Å². The Bertz CT molecular complexity index is 945. The van der Waals surface area contributed by atoms with Crippen LogP contribution in [0.15, 0.2) is 60.9 Å². The Labute approximate surface area is 167 Å². The Kier molecular flexibility index (Phi) is 6.32. The molecular weight excluding hydrogens is 385 g/mol. The van der Waals surface area contributed by atoms with Crippen LogP contribution in [0.4, 0.5) is 0 Å². The number of pyridine rings is 1. The lowest BCUT2D eigenvalue weighted by atomic mass is 9.99. The summed E-state index contributed by atoms with van der Waals surface area (Å²) < 4.78 is 5.79. The second kappa shape index (κ2) is 8.89. The monoisotopic (exact) mass is 401 g/mol. The van der Waals surface area contributed by atoms with Crippen molar-refractivity contribution < 1.29 is 14.6 Å². The Morgan fingerprint density at radius 2 is 1.74 bits per heavy atom. The number of ether oxygens (including phenoxy) is 1. The van der Waals surface area contributed by atoms with Crippen LogP contribution in [-0.2, 0) is 4.79 Å². The summed E-state index contributed by atoms with van der Waals surface area (Å²) in [6.07, 6.45) is 4.01. The van der Waals surface area contributed by atoms with Crippen LogP contribution in [0.5, 0.6) is 5.75 Å². The smallest absolute Gasteiger partial charge is 0.303 e. The van der Waals surface area contributed by atoms with E-state index in [-0.39, 0.29) is 6.42 Å². The molecule has 6 heteroatoms. The molecule has 0 aliphatic heterocycles. The number of aromatic nitrogens is 1. The number of carboxylic acids is 1. The van der Waals surface area contributed by atoms with Crippen molar-refractivity contribution in [3.05, 3.63) is 71.0 Å². The van der Waals surface area contributed by atoms with Gasteiger partial charge in [-0.25, -0.2) is 0 Å². The molecule has 3 rings (SSSR count). The first kappa shape index (κ1) is 19.2. The SMILES string of the molecule is O=C(O)CCCOc1cc(-c2cccnc2)cc(-c2ccc(Cl)c(Cl)c2)c1. The molecule has 0 bridgehead atoms. The van der Waals surface area contributed by atoms with Crippen molar-refractivity contribution >= 4 is 29.2 Å². The van der Waals surface area contributed by atoms with E-state index in [0.717, 1.165) is 22.3 Å². The largest absolute Gasteiger partial charge is 0.494 e. The van der Waals surface area contributed by atoms with Gasteiger partial charge in [-0.2, -0.15) is 0 Å². The molecule has 0 aliphatic rings. The molecular formula is C21H17Cl2NO3. The minimum Gasteiger partial charge on any atom is -0.494 e. The van der Waals surface area contributed by atoms with Gasteiger partial charge in [-0.05, 0) is 59.5 Å². The molecule has 0 fully saturated rings. The first-order chi connectivity index (χ1) is 13.0. The summed E-state index contributed by atoms with van der Waals surface area (Å²) in [6.45, 7) is 0.323. The van der Waals surface area contributed by atoms with Crippen LogP contribution in [0.2, 0.25) is 10.0 Å². The predicted octanol–water partition coefficient (Wildman–Crippen LogP) is 5.97. The molecule has 0 radical (unpaired) electrons. The lowest BCUT2D eigenvalue weighted by molar-refractivity contribution is -0.137. The fraction of sp³-hybridized carbons (Fsp3) is 0.143. The van der Waals surface area contributed by atoms with Crippen LogP contribution in [0.1, 0.15) is 12.8 Å². The molecule has 0 amide bonds. The van der Waals surface area contributed by atoms with Gasteiger partial charge in [0.1, 0.15) is 5.75 Å². The van der Waals surface area contributed by atoms with Gasteiger partial charge < -0.3 is 9.84 Å². The van der Waals surface area contributed by atoms with Gasteiger partial charge in [0.05, 0.1) is 16.7 Å². The predicted molar refractivity (Wildman–Crippen MR) is 107 cm³/mol. The Morgan fingerprint density at radius 3 is 2.41 bits per heavy atom. The van der Waals surface area contributed by atoms with Gasteiger partial charge in [0.25, 0.3) is 0 Å². The number of aliphatic carboxylic acids is 1. The number of hydrogen-bond donors (Lipinski definition) is 1. The van der Waals surface area contributed by atoms with E-state index in [9.17, 15) is 4.79 Å². The van der Waals surface area contributed by atoms with E-state index in [2.05, 4.69) is 4.98 Å². The van der Waals surface area contributed by atoms with Crippen LogP contribution in [0.25, 0.3) is 22.3 Å². The Balaban J connectivity index is 1.95. The minimum absolute atomic E-state index is 0.0714. The lowest BCUT2D eigenvalue weighted by Crippen LogP contribution is -2.02. The molecule has 0 saturated heterocycles. The van der Waals surface area contributed by atoms with Crippen molar-refractivity contribution in [2.24, 2.45) is 0 Å². The van der Waals surface area contributed by atoms with Gasteiger partial charge in [-0.1, -0.05) is 35.3 Å². The molecule has 1 aromatic heterocycles. The summed E-state index contributed by atoms with van der Waals surface area (Å²) >= 11 is 12.2. The fourth-order valence-corrected chi connectivity index (χ4v) is 2.94. The van der Waals surface area contributed by atoms with Crippen LogP contribution in [0.3, 0.4) is 0 Å². The average molecular weight is 402 g/mol. The zero-order chi connectivity index (χ0) is 19.2. The number of benzene rings is 2. The molecule has 3 aromatic rings. The van der Waals surface area contributed by atoms with Crippen LogP contribution >= 0.6 is 23.2 Å². The summed E-state index contributed by atoms with van der Waals surface area (Å²) in [5.74, 6) is -0.179. The number of hydrogen-bond acceptors (Lipinski definition) is 3. The molecule has 27 heavy (non-hydrogen) atoms. The second-order valence-corrected chi connectivity index (χ2v) is 6.78. The van der Waals surface area contributed by atoms with Gasteiger partial charge in [0.2, 0.25) is 0 Å². The summed E-state index contributed by atoms with van der Waals surface area (Å²) in [7, 11) is 0. The normalized spacial score (nSPS) is 10.6. The highest BCUT2D eigenvalue weighted by atomic mass is 35.5. The van der Waals surface area contributed by atoms with E-state index < -0.39 is 5.97 Å². The van der Waals surface area contributed by atoms with Crippen LogP contribution < -0.4 is 4.74 Å². The Morgan fingerprint density at radius 1 is 0.963 bits per heavy atom. The topological polar surface area (TPSA) is 59.4 Å². The van der Waals surface area contributed by atoms with E-state index in [1.807, 2.05) is 36.4 Å². The van der Waals surface area contributed by atoms with Crippen molar-refractivity contribution in [3.8, 4) is 28.0 Å². The summed E-state index contributed by atoms with van der Waals surface area (Å²) in [5.41, 5.74) is 3.73. The van der Waals surface area contributed by atoms with Gasteiger partial charge in [0, 0.05) is 24.4 Å². The van der Waals surface area contributed by atoms with Gasteiger partial charge in [-0.15, -0.1) is 0 Å². The van der Waals surface area contributed by atoms with Crippen LogP contribution in [0, 0.1) is 0 Å². The quantitative estimate of drug-likeness (QED) is 0.495. The van der Waals surface area contributed by atoms with E-state index >= 15 is 0 Å². The maximum Gasteiger partial charge on any atom is 0.303 e. The maximum atomic E-state index is 10.7. The molecule has 1 heterocycles. The molecule has 0 atom stereocenters. The number of halogens is 2. The van der Waals surface area contributed by atoms with Crippen molar-refractivity contribution in [1.29, 1.82) is 0 Å². The zero-order valence-electron chi connectivity index (χ0n) is 14.4. The molecule has 0 unspecified atom stereocenters. The third-order valence-electron chi connectivity index (χ3n) is 3.96. The van der Waals surface area contributed by atoms with E-state index in [4.69, 9.17) is 33.0 Å². The zero-order valence-corrected chi connectivity index (χ0v) is 15.9. The average Bonchev–Trinajstić information content (AvgIpc) is 2.68. The van der Waals surface area contributed by atoms with Crippen molar-refractivity contribution in [1.82, 2.24) is 4.98 Å². The van der Waals surface area contributed by atoms with Gasteiger partial charge >= 0.3 is 5.97 Å². The molecule has 0 saturated carbocycles. The molecule has 0 aliphatic carbocycles. The Hall–Kier alpha value is -2.56. The third kappa shape index (κ3) is 5.22. The van der Waals surface area contributed by atoms with Crippen molar-refractivity contribution in [3.63, 3.8) is 0 Å². The fourth-order valence-electron chi connectivity index (χ4n) is 2.64. The summed E-state index contributed by atoms with van der Waals surface area (Å²) in [6, 6.07) is 15.1. The first-order valence-electron chi connectivity index (χ1n) is 8.38.